The smallest absolute Gasteiger partial charge is 0.327 e. The number of imide groups is 1. The number of benzene rings is 1. The van der Waals surface area contributed by atoms with E-state index in [1.807, 2.05) is 35.7 Å². The summed E-state index contributed by atoms with van der Waals surface area (Å²) in [5.41, 5.74) is 1.48. The quantitative estimate of drug-likeness (QED) is 0.727. The molecule has 2 saturated heterocycles. The predicted octanol–water partition coefficient (Wildman–Crippen LogP) is 2.84. The fourth-order valence-corrected chi connectivity index (χ4v) is 4.94. The lowest BCUT2D eigenvalue weighted by Crippen LogP contribution is -2.48. The summed E-state index contributed by atoms with van der Waals surface area (Å²) in [7, 11) is 0. The maximum atomic E-state index is 12.9. The first-order valence-corrected chi connectivity index (χ1v) is 10.9. The fourth-order valence-electron chi connectivity index (χ4n) is 4.14. The van der Waals surface area contributed by atoms with E-state index >= 15 is 0 Å². The van der Waals surface area contributed by atoms with Crippen LogP contribution in [0, 0.1) is 0 Å². The molecule has 29 heavy (non-hydrogen) atoms. The molecule has 1 aliphatic carbocycles. The monoisotopic (exact) mass is 410 g/mol. The predicted molar refractivity (Wildman–Crippen MR) is 108 cm³/mol. The van der Waals surface area contributed by atoms with Gasteiger partial charge in [-0.1, -0.05) is 30.3 Å². The summed E-state index contributed by atoms with van der Waals surface area (Å²) in [6.07, 6.45) is 3.24. The Bertz CT molecular complexity index is 948. The second-order valence-corrected chi connectivity index (χ2v) is 8.69. The average molecular weight is 410 g/mol. The normalized spacial score (nSPS) is 20.6. The van der Waals surface area contributed by atoms with E-state index in [1.165, 1.54) is 16.2 Å². The molecular weight excluding hydrogens is 388 g/mol. The van der Waals surface area contributed by atoms with E-state index in [2.05, 4.69) is 4.98 Å². The first-order valence-electron chi connectivity index (χ1n) is 10.0. The van der Waals surface area contributed by atoms with Crippen LogP contribution < -0.4 is 0 Å². The zero-order chi connectivity index (χ0) is 20.0. The van der Waals surface area contributed by atoms with Crippen molar-refractivity contribution in [3.63, 3.8) is 0 Å². The molecule has 3 fully saturated rings. The topological polar surface area (TPSA) is 73.8 Å². The van der Waals surface area contributed by atoms with E-state index in [9.17, 15) is 14.4 Å². The SMILES string of the molecule is O=C(c1csc(-c2ccccc2)n1)N1CCC(N2CC(=O)N(C3CC3)C2=O)CC1. The highest BCUT2D eigenvalue weighted by molar-refractivity contribution is 7.13. The molecule has 0 radical (unpaired) electrons. The summed E-state index contributed by atoms with van der Waals surface area (Å²) in [5, 5.41) is 2.65. The molecule has 7 nitrogen and oxygen atoms in total. The van der Waals surface area contributed by atoms with E-state index in [4.69, 9.17) is 0 Å². The van der Waals surface area contributed by atoms with Crippen LogP contribution >= 0.6 is 11.3 Å². The highest BCUT2D eigenvalue weighted by Crippen LogP contribution is 2.33. The molecule has 1 saturated carbocycles. The van der Waals surface area contributed by atoms with Crippen LogP contribution in [0.1, 0.15) is 36.2 Å². The molecule has 150 valence electrons. The van der Waals surface area contributed by atoms with Gasteiger partial charge >= 0.3 is 6.03 Å². The molecule has 1 aromatic heterocycles. The number of likely N-dealkylation sites (tertiary alicyclic amines) is 1. The number of hydrogen-bond donors (Lipinski definition) is 0. The van der Waals surface area contributed by atoms with Crippen molar-refractivity contribution >= 4 is 29.2 Å². The highest BCUT2D eigenvalue weighted by atomic mass is 32.1. The Morgan fingerprint density at radius 2 is 1.72 bits per heavy atom. The summed E-state index contributed by atoms with van der Waals surface area (Å²) in [6, 6.07) is 9.83. The van der Waals surface area contributed by atoms with Crippen LogP contribution in [0.15, 0.2) is 35.7 Å². The number of thiazole rings is 1. The minimum Gasteiger partial charge on any atom is -0.337 e. The maximum Gasteiger partial charge on any atom is 0.327 e. The van der Waals surface area contributed by atoms with Crippen LogP contribution in [-0.2, 0) is 4.79 Å². The van der Waals surface area contributed by atoms with Gasteiger partial charge in [0.1, 0.15) is 17.2 Å². The molecule has 2 aliphatic heterocycles. The molecule has 2 aromatic rings. The van der Waals surface area contributed by atoms with Gasteiger partial charge in [0, 0.05) is 36.1 Å². The third kappa shape index (κ3) is 3.42. The molecular formula is C21H22N4O3S. The Morgan fingerprint density at radius 1 is 1.00 bits per heavy atom. The van der Waals surface area contributed by atoms with Crippen LogP contribution in [-0.4, -0.2) is 69.2 Å². The lowest BCUT2D eigenvalue weighted by molar-refractivity contribution is -0.125. The summed E-state index contributed by atoms with van der Waals surface area (Å²) >= 11 is 1.47. The van der Waals surface area contributed by atoms with Crippen molar-refractivity contribution in [2.75, 3.05) is 19.6 Å². The minimum atomic E-state index is -0.144. The van der Waals surface area contributed by atoms with Gasteiger partial charge in [-0.05, 0) is 25.7 Å². The zero-order valence-electron chi connectivity index (χ0n) is 16.0. The number of piperidine rings is 1. The molecule has 3 aliphatic rings. The third-order valence-electron chi connectivity index (χ3n) is 5.87. The molecule has 0 atom stereocenters. The van der Waals surface area contributed by atoms with Crippen LogP contribution in [0.3, 0.4) is 0 Å². The van der Waals surface area contributed by atoms with E-state index in [1.54, 1.807) is 9.80 Å². The number of carbonyl (C=O) groups is 3. The first kappa shape index (κ1) is 18.3. The number of carbonyl (C=O) groups excluding carboxylic acids is 3. The number of hydrogen-bond acceptors (Lipinski definition) is 5. The van der Waals surface area contributed by atoms with Gasteiger partial charge in [-0.2, -0.15) is 0 Å². The molecule has 0 unspecified atom stereocenters. The summed E-state index contributed by atoms with van der Waals surface area (Å²) in [5.74, 6) is -0.141. The lowest BCUT2D eigenvalue weighted by atomic mass is 10.0. The van der Waals surface area contributed by atoms with Gasteiger partial charge in [0.15, 0.2) is 0 Å². The van der Waals surface area contributed by atoms with Crippen molar-refractivity contribution in [3.8, 4) is 10.6 Å². The van der Waals surface area contributed by atoms with Gasteiger partial charge in [-0.15, -0.1) is 11.3 Å². The molecule has 8 heteroatoms. The number of aromatic nitrogens is 1. The van der Waals surface area contributed by atoms with Crippen molar-refractivity contribution in [1.82, 2.24) is 19.7 Å². The molecule has 4 amide bonds. The van der Waals surface area contributed by atoms with Crippen molar-refractivity contribution in [1.29, 1.82) is 0 Å². The number of amides is 4. The summed E-state index contributed by atoms with van der Waals surface area (Å²) < 4.78 is 0. The summed E-state index contributed by atoms with van der Waals surface area (Å²) in [4.78, 5) is 47.1. The lowest BCUT2D eigenvalue weighted by Gasteiger charge is -2.35. The van der Waals surface area contributed by atoms with Gasteiger partial charge in [-0.25, -0.2) is 9.78 Å². The van der Waals surface area contributed by atoms with Gasteiger partial charge in [-0.3, -0.25) is 14.5 Å². The van der Waals surface area contributed by atoms with Gasteiger partial charge in [0.25, 0.3) is 11.8 Å². The molecule has 0 bridgehead atoms. The van der Waals surface area contributed by atoms with Crippen LogP contribution in [0.4, 0.5) is 4.79 Å². The largest absolute Gasteiger partial charge is 0.337 e. The average Bonchev–Trinajstić information content (AvgIpc) is 3.37. The standard InChI is InChI=1S/C21H22N4O3S/c26-18-12-24(21(28)25(18)16-6-7-16)15-8-10-23(11-9-15)20(27)17-13-29-19(22-17)14-4-2-1-3-5-14/h1-5,13,15-16H,6-12H2. The Labute approximate surface area is 172 Å². The van der Waals surface area contributed by atoms with Crippen LogP contribution in [0.25, 0.3) is 10.6 Å². The van der Waals surface area contributed by atoms with E-state index < -0.39 is 0 Å². The molecule has 3 heterocycles. The van der Waals surface area contributed by atoms with Gasteiger partial charge < -0.3 is 9.80 Å². The Balaban J connectivity index is 1.21. The number of nitrogens with zero attached hydrogens (tertiary/aromatic N) is 4. The summed E-state index contributed by atoms with van der Waals surface area (Å²) in [6.45, 7) is 1.33. The van der Waals surface area contributed by atoms with Crippen molar-refractivity contribution in [2.24, 2.45) is 0 Å². The minimum absolute atomic E-state index is 0.0227. The van der Waals surface area contributed by atoms with Gasteiger partial charge in [0.2, 0.25) is 0 Å². The number of urea groups is 1. The van der Waals surface area contributed by atoms with E-state index in [-0.39, 0.29) is 36.5 Å². The molecule has 1 aromatic carbocycles. The first-order chi connectivity index (χ1) is 14.1. The van der Waals surface area contributed by atoms with Crippen molar-refractivity contribution in [3.05, 3.63) is 41.4 Å². The Kier molecular flexibility index (Phi) is 4.58. The van der Waals surface area contributed by atoms with E-state index in [0.717, 1.165) is 23.4 Å². The van der Waals surface area contributed by atoms with Crippen LogP contribution in [0.5, 0.6) is 0 Å². The van der Waals surface area contributed by atoms with Gasteiger partial charge in [0.05, 0.1) is 0 Å². The number of rotatable bonds is 4. The Hall–Kier alpha value is -2.74. The van der Waals surface area contributed by atoms with E-state index in [0.29, 0.717) is 31.6 Å². The molecule has 5 rings (SSSR count). The maximum absolute atomic E-state index is 12.9. The van der Waals surface area contributed by atoms with Crippen molar-refractivity contribution < 1.29 is 14.4 Å². The fraction of sp³-hybridized carbons (Fsp3) is 0.429. The Morgan fingerprint density at radius 3 is 2.41 bits per heavy atom. The second-order valence-electron chi connectivity index (χ2n) is 7.83. The molecule has 0 N–H and O–H groups in total. The second kappa shape index (κ2) is 7.26. The van der Waals surface area contributed by atoms with Crippen molar-refractivity contribution in [2.45, 2.75) is 37.8 Å². The highest BCUT2D eigenvalue weighted by Gasteiger charge is 2.47. The zero-order valence-corrected chi connectivity index (χ0v) is 16.8. The van der Waals surface area contributed by atoms with Crippen LogP contribution in [0.2, 0.25) is 0 Å². The molecule has 0 spiro atoms. The third-order valence-corrected chi connectivity index (χ3v) is 6.77.